The molecule has 6 heteroatoms. The van der Waals surface area contributed by atoms with Crippen LogP contribution in [0.25, 0.3) is 0 Å². The van der Waals surface area contributed by atoms with Crippen LogP contribution in [0, 0.1) is 0 Å². The zero-order valence-electron chi connectivity index (χ0n) is 4.13. The first kappa shape index (κ1) is 15.7. The average Bonchev–Trinajstić information content (AvgIpc) is 1.36. The molecule has 0 saturated heterocycles. The summed E-state index contributed by atoms with van der Waals surface area (Å²) in [4.78, 5) is 17.9. The number of carbonyl (C=O) groups excluding carboxylic acids is 2. The van der Waals surface area contributed by atoms with Crippen molar-refractivity contribution in [2.75, 3.05) is 0 Å². The summed E-state index contributed by atoms with van der Waals surface area (Å²) in [6, 6.07) is 0. The van der Waals surface area contributed by atoms with Gasteiger partial charge in [-0.05, 0) is 0 Å². The standard InChI is InChI=1S/C2H2O4.H3N.Zr/c3-1(4)2(5)6;;/h(H,3,4)(H,5,6);1H3;/p-1. The predicted octanol–water partition coefficient (Wildman–Crippen LogP) is -3.14. The topological polar surface area (TPSA) is 117 Å². The molecule has 0 heterocycles. The molecule has 0 atom stereocenters. The van der Waals surface area contributed by atoms with Crippen LogP contribution in [-0.4, -0.2) is 11.9 Å². The van der Waals surface area contributed by atoms with Crippen LogP contribution in [0.1, 0.15) is 0 Å². The third-order valence-corrected chi connectivity index (χ3v) is 0.167. The number of aliphatic carboxylic acids is 2. The van der Waals surface area contributed by atoms with Gasteiger partial charge < -0.3 is 26.0 Å². The molecule has 0 spiro atoms. The van der Waals surface area contributed by atoms with Crippen LogP contribution in [0.3, 0.4) is 0 Å². The molecular weight excluding hydrogens is 193 g/mol. The van der Waals surface area contributed by atoms with E-state index in [4.69, 9.17) is 19.8 Å². The van der Waals surface area contributed by atoms with Crippen LogP contribution < -0.4 is 16.4 Å². The summed E-state index contributed by atoms with van der Waals surface area (Å²) in [5.74, 6) is -4.37. The smallest absolute Gasteiger partial charge is 0.0870 e. The minimum Gasteiger partial charge on any atom is -0.543 e. The first-order valence-electron chi connectivity index (χ1n) is 1.07. The molecular formula is C2H4NO4Zr-. The normalized spacial score (nSPS) is 5.50. The number of quaternary nitrogens is 1. The van der Waals surface area contributed by atoms with Gasteiger partial charge in [0, 0.05) is 26.2 Å². The van der Waals surface area contributed by atoms with Crippen molar-refractivity contribution in [3.05, 3.63) is 0 Å². The molecule has 46 valence electrons. The summed E-state index contributed by atoms with van der Waals surface area (Å²) in [6.45, 7) is 0. The summed E-state index contributed by atoms with van der Waals surface area (Å²) < 4.78 is 0. The molecule has 0 bridgehead atoms. The van der Waals surface area contributed by atoms with Gasteiger partial charge in [-0.3, -0.25) is 0 Å². The van der Waals surface area contributed by atoms with E-state index < -0.39 is 11.9 Å². The van der Waals surface area contributed by atoms with Crippen LogP contribution in [0.2, 0.25) is 0 Å². The Labute approximate surface area is 64.4 Å². The molecule has 5 nitrogen and oxygen atoms in total. The van der Waals surface area contributed by atoms with Gasteiger partial charge in [0.15, 0.2) is 0 Å². The average molecular weight is 197 g/mol. The third-order valence-electron chi connectivity index (χ3n) is 0.167. The van der Waals surface area contributed by atoms with Crippen molar-refractivity contribution in [3.63, 3.8) is 0 Å². The first-order chi connectivity index (χ1) is 2.64. The van der Waals surface area contributed by atoms with Crippen LogP contribution in [0.4, 0.5) is 0 Å². The van der Waals surface area contributed by atoms with Gasteiger partial charge in [-0.1, -0.05) is 0 Å². The minimum atomic E-state index is -2.19. The molecule has 0 aromatic rings. The summed E-state index contributed by atoms with van der Waals surface area (Å²) in [7, 11) is 0. The quantitative estimate of drug-likeness (QED) is 0.413. The number of carboxylic acid groups (broad SMARTS) is 2. The Morgan fingerprint density at radius 2 is 1.12 bits per heavy atom. The Bertz CT molecular complexity index is 80.0. The molecule has 0 aliphatic heterocycles. The maximum absolute atomic E-state index is 8.93. The van der Waals surface area contributed by atoms with Crippen LogP contribution >= 0.6 is 0 Å². The summed E-state index contributed by atoms with van der Waals surface area (Å²) in [5.41, 5.74) is 0. The second-order valence-corrected chi connectivity index (χ2v) is 0.575. The van der Waals surface area contributed by atoms with Crippen LogP contribution in [-0.2, 0) is 35.8 Å². The molecule has 0 amide bonds. The van der Waals surface area contributed by atoms with E-state index >= 15 is 0 Å². The number of rotatable bonds is 0. The Kier molecular flexibility index (Phi) is 13.3. The van der Waals surface area contributed by atoms with Gasteiger partial charge in [0.05, 0.1) is 11.9 Å². The fourth-order valence-corrected chi connectivity index (χ4v) is 0. The molecule has 8 heavy (non-hydrogen) atoms. The molecule has 0 radical (unpaired) electrons. The van der Waals surface area contributed by atoms with E-state index in [2.05, 4.69) is 0 Å². The molecule has 0 unspecified atom stereocenters. The Morgan fingerprint density at radius 1 is 1.00 bits per heavy atom. The summed E-state index contributed by atoms with van der Waals surface area (Å²) >= 11 is 0. The Morgan fingerprint density at radius 3 is 1.12 bits per heavy atom. The third kappa shape index (κ3) is 9.24. The zero-order chi connectivity index (χ0) is 5.15. The predicted molar refractivity (Wildman–Crippen MR) is 16.0 cm³/mol. The van der Waals surface area contributed by atoms with Gasteiger partial charge >= 0.3 is 0 Å². The van der Waals surface area contributed by atoms with Crippen molar-refractivity contribution in [1.82, 2.24) is 6.15 Å². The maximum atomic E-state index is 8.93. The largest absolute Gasteiger partial charge is 0.543 e. The van der Waals surface area contributed by atoms with Gasteiger partial charge in [0.25, 0.3) is 0 Å². The van der Waals surface area contributed by atoms with Gasteiger partial charge in [-0.15, -0.1) is 0 Å². The SMILES string of the molecule is O=C([O-])C(=O)[O-].[NH4+].[Zr]. The van der Waals surface area contributed by atoms with Crippen molar-refractivity contribution in [3.8, 4) is 0 Å². The van der Waals surface area contributed by atoms with E-state index in [-0.39, 0.29) is 32.4 Å². The van der Waals surface area contributed by atoms with E-state index in [1.807, 2.05) is 0 Å². The molecule has 0 saturated carbocycles. The van der Waals surface area contributed by atoms with E-state index in [1.165, 1.54) is 0 Å². The fraction of sp³-hybridized carbons (Fsp3) is 0. The van der Waals surface area contributed by atoms with Gasteiger partial charge in [-0.2, -0.15) is 0 Å². The first-order valence-corrected chi connectivity index (χ1v) is 1.07. The van der Waals surface area contributed by atoms with Crippen LogP contribution in [0.15, 0.2) is 0 Å². The van der Waals surface area contributed by atoms with Crippen molar-refractivity contribution in [2.24, 2.45) is 0 Å². The van der Waals surface area contributed by atoms with E-state index in [0.717, 1.165) is 0 Å². The number of carboxylic acids is 2. The van der Waals surface area contributed by atoms with E-state index in [0.29, 0.717) is 0 Å². The van der Waals surface area contributed by atoms with E-state index in [1.54, 1.807) is 0 Å². The van der Waals surface area contributed by atoms with Gasteiger partial charge in [0.2, 0.25) is 0 Å². The van der Waals surface area contributed by atoms with Crippen molar-refractivity contribution >= 4 is 11.9 Å². The molecule has 0 rings (SSSR count). The van der Waals surface area contributed by atoms with Crippen LogP contribution in [0.5, 0.6) is 0 Å². The maximum Gasteiger partial charge on any atom is 0.0870 e. The molecule has 4 N–H and O–H groups in total. The molecule has 0 aromatic heterocycles. The monoisotopic (exact) mass is 196 g/mol. The Balaban J connectivity index is -0.000000125. The number of carbonyl (C=O) groups is 2. The molecule has 0 aliphatic carbocycles. The van der Waals surface area contributed by atoms with Crippen molar-refractivity contribution in [2.45, 2.75) is 0 Å². The van der Waals surface area contributed by atoms with Gasteiger partial charge in [-0.25, -0.2) is 0 Å². The summed E-state index contributed by atoms with van der Waals surface area (Å²) in [6.07, 6.45) is 0. The second-order valence-electron chi connectivity index (χ2n) is 0.575. The fourth-order valence-electron chi connectivity index (χ4n) is 0. The molecule has 0 aliphatic rings. The number of hydrogen-bond donors (Lipinski definition) is 1. The van der Waals surface area contributed by atoms with Crippen molar-refractivity contribution in [1.29, 1.82) is 0 Å². The Hall–Kier alpha value is -0.217. The van der Waals surface area contributed by atoms with Crippen molar-refractivity contribution < 1.29 is 46.0 Å². The summed E-state index contributed by atoms with van der Waals surface area (Å²) in [5, 5.41) is 17.9. The minimum absolute atomic E-state index is 0. The molecule has 0 aromatic carbocycles. The molecule has 0 fully saturated rings. The zero-order valence-corrected chi connectivity index (χ0v) is 6.59. The van der Waals surface area contributed by atoms with E-state index in [9.17, 15) is 0 Å². The van der Waals surface area contributed by atoms with Gasteiger partial charge in [0.1, 0.15) is 0 Å². The second kappa shape index (κ2) is 6.78. The number of hydrogen-bond acceptors (Lipinski definition) is 4.